The van der Waals surface area contributed by atoms with Crippen molar-refractivity contribution in [2.75, 3.05) is 25.4 Å². The van der Waals surface area contributed by atoms with Crippen LogP contribution in [0.25, 0.3) is 11.1 Å². The third-order valence-corrected chi connectivity index (χ3v) is 4.43. The number of nitrogens with one attached hydrogen (secondary N) is 1. The summed E-state index contributed by atoms with van der Waals surface area (Å²) in [6.45, 7) is 5.88. The van der Waals surface area contributed by atoms with E-state index in [1.807, 2.05) is 38.1 Å². The summed E-state index contributed by atoms with van der Waals surface area (Å²) in [5.41, 5.74) is 1.51. The molecule has 130 valence electrons. The number of oxazole rings is 1. The highest BCUT2D eigenvalue weighted by Crippen LogP contribution is 2.22. The fourth-order valence-corrected chi connectivity index (χ4v) is 2.96. The number of amides is 2. The number of para-hydroxylation sites is 2. The molecule has 1 aromatic heterocycles. The summed E-state index contributed by atoms with van der Waals surface area (Å²) in [7, 11) is 0. The second-order valence-corrected chi connectivity index (χ2v) is 6.18. The predicted octanol–water partition coefficient (Wildman–Crippen LogP) is 2.68. The van der Waals surface area contributed by atoms with Gasteiger partial charge in [0.05, 0.1) is 5.75 Å². The highest BCUT2D eigenvalue weighted by Gasteiger charge is 2.10. The molecular formula is C17H23N3O3S. The molecule has 1 aromatic carbocycles. The first kappa shape index (κ1) is 18.3. The molecule has 0 bridgehead atoms. The molecule has 0 saturated carbocycles. The Kier molecular flexibility index (Phi) is 7.11. The van der Waals surface area contributed by atoms with Gasteiger partial charge in [-0.05, 0) is 32.4 Å². The zero-order chi connectivity index (χ0) is 17.4. The number of thioether (sulfide) groups is 1. The number of aromatic nitrogens is 1. The first-order valence-corrected chi connectivity index (χ1v) is 9.15. The summed E-state index contributed by atoms with van der Waals surface area (Å²) in [6, 6.07) is 7.49. The van der Waals surface area contributed by atoms with Gasteiger partial charge >= 0.3 is 0 Å². The van der Waals surface area contributed by atoms with E-state index in [4.69, 9.17) is 4.42 Å². The minimum atomic E-state index is -0.0856. The summed E-state index contributed by atoms with van der Waals surface area (Å²) < 4.78 is 5.55. The third kappa shape index (κ3) is 5.26. The van der Waals surface area contributed by atoms with E-state index in [-0.39, 0.29) is 17.6 Å². The fraction of sp³-hybridized carbons (Fsp3) is 0.471. The Morgan fingerprint density at radius 1 is 1.25 bits per heavy atom. The monoisotopic (exact) mass is 349 g/mol. The van der Waals surface area contributed by atoms with Gasteiger partial charge in [-0.3, -0.25) is 9.59 Å². The topological polar surface area (TPSA) is 75.4 Å². The van der Waals surface area contributed by atoms with E-state index in [2.05, 4.69) is 10.3 Å². The van der Waals surface area contributed by atoms with E-state index < -0.39 is 0 Å². The van der Waals surface area contributed by atoms with Crippen LogP contribution < -0.4 is 5.32 Å². The van der Waals surface area contributed by atoms with Gasteiger partial charge in [0.1, 0.15) is 5.52 Å². The van der Waals surface area contributed by atoms with Crippen LogP contribution >= 0.6 is 11.8 Å². The largest absolute Gasteiger partial charge is 0.431 e. The summed E-state index contributed by atoms with van der Waals surface area (Å²) in [4.78, 5) is 29.8. The molecule has 0 atom stereocenters. The van der Waals surface area contributed by atoms with E-state index in [0.29, 0.717) is 24.6 Å². The van der Waals surface area contributed by atoms with E-state index >= 15 is 0 Å². The Balaban J connectivity index is 1.65. The molecule has 7 heteroatoms. The summed E-state index contributed by atoms with van der Waals surface area (Å²) in [5, 5.41) is 3.31. The second kappa shape index (κ2) is 9.32. The van der Waals surface area contributed by atoms with Crippen molar-refractivity contribution in [3.8, 4) is 0 Å². The minimum Gasteiger partial charge on any atom is -0.431 e. The number of carbonyl (C=O) groups is 2. The number of rotatable bonds is 9. The predicted molar refractivity (Wildman–Crippen MR) is 94.9 cm³/mol. The van der Waals surface area contributed by atoms with Crippen LogP contribution in [0.3, 0.4) is 0 Å². The van der Waals surface area contributed by atoms with Gasteiger partial charge in [-0.15, -0.1) is 0 Å². The average molecular weight is 349 g/mol. The highest BCUT2D eigenvalue weighted by atomic mass is 32.2. The Hall–Kier alpha value is -2.02. The molecule has 0 radical (unpaired) electrons. The van der Waals surface area contributed by atoms with Crippen LogP contribution in [-0.4, -0.2) is 47.1 Å². The maximum Gasteiger partial charge on any atom is 0.257 e. The Bertz CT molecular complexity index is 650. The van der Waals surface area contributed by atoms with Crippen molar-refractivity contribution >= 4 is 34.7 Å². The number of fused-ring (bicyclic) bond motifs is 1. The molecule has 0 saturated heterocycles. The standard InChI is InChI=1S/C17H23N3O3S/c1-3-20(4-2)16(22)10-7-11-18-15(21)12-24-17-19-13-8-5-6-9-14(13)23-17/h5-6,8-9H,3-4,7,10-12H2,1-2H3,(H,18,21). The van der Waals surface area contributed by atoms with Crippen LogP contribution in [0.5, 0.6) is 0 Å². The molecule has 1 N–H and O–H groups in total. The maximum absolute atomic E-state index is 11.8. The highest BCUT2D eigenvalue weighted by molar-refractivity contribution is 7.99. The number of nitrogens with zero attached hydrogens (tertiary/aromatic N) is 2. The smallest absolute Gasteiger partial charge is 0.257 e. The average Bonchev–Trinajstić information content (AvgIpc) is 3.01. The molecule has 2 aromatic rings. The normalized spacial score (nSPS) is 10.8. The SMILES string of the molecule is CCN(CC)C(=O)CCCNC(=O)CSc1nc2ccccc2o1. The van der Waals surface area contributed by atoms with Crippen molar-refractivity contribution in [2.45, 2.75) is 31.9 Å². The zero-order valence-electron chi connectivity index (χ0n) is 14.1. The number of carbonyl (C=O) groups excluding carboxylic acids is 2. The van der Waals surface area contributed by atoms with Crippen LogP contribution in [0.15, 0.2) is 33.9 Å². The first-order chi connectivity index (χ1) is 11.6. The number of benzene rings is 1. The molecule has 0 aliphatic heterocycles. The van der Waals surface area contributed by atoms with Crippen LogP contribution in [0.2, 0.25) is 0 Å². The van der Waals surface area contributed by atoms with Gasteiger partial charge in [-0.25, -0.2) is 4.98 Å². The maximum atomic E-state index is 11.8. The fourth-order valence-electron chi connectivity index (χ4n) is 2.29. The van der Waals surface area contributed by atoms with Crippen LogP contribution in [-0.2, 0) is 9.59 Å². The van der Waals surface area contributed by atoms with E-state index in [1.54, 1.807) is 4.90 Å². The molecule has 2 rings (SSSR count). The molecule has 0 unspecified atom stereocenters. The zero-order valence-corrected chi connectivity index (χ0v) is 14.9. The lowest BCUT2D eigenvalue weighted by atomic mass is 10.2. The summed E-state index contributed by atoms with van der Waals surface area (Å²) in [5.74, 6) is 0.296. The Morgan fingerprint density at radius 3 is 2.71 bits per heavy atom. The molecule has 0 spiro atoms. The van der Waals surface area contributed by atoms with Crippen LogP contribution in [0.1, 0.15) is 26.7 Å². The number of hydrogen-bond acceptors (Lipinski definition) is 5. The van der Waals surface area contributed by atoms with Crippen molar-refractivity contribution in [3.63, 3.8) is 0 Å². The molecule has 2 amide bonds. The Labute approximate surface area is 146 Å². The van der Waals surface area contributed by atoms with Crippen molar-refractivity contribution < 1.29 is 14.0 Å². The van der Waals surface area contributed by atoms with Crippen molar-refractivity contribution in [2.24, 2.45) is 0 Å². The molecule has 6 nitrogen and oxygen atoms in total. The lowest BCUT2D eigenvalue weighted by molar-refractivity contribution is -0.131. The van der Waals surface area contributed by atoms with Gasteiger partial charge in [0.2, 0.25) is 11.8 Å². The van der Waals surface area contributed by atoms with Gasteiger partial charge in [0.25, 0.3) is 5.22 Å². The summed E-state index contributed by atoms with van der Waals surface area (Å²) >= 11 is 1.27. The first-order valence-electron chi connectivity index (χ1n) is 8.16. The van der Waals surface area contributed by atoms with Crippen molar-refractivity contribution in [1.82, 2.24) is 15.2 Å². The molecule has 0 aliphatic carbocycles. The molecular weight excluding hydrogens is 326 g/mol. The molecule has 24 heavy (non-hydrogen) atoms. The minimum absolute atomic E-state index is 0.0856. The Morgan fingerprint density at radius 2 is 2.00 bits per heavy atom. The second-order valence-electron chi connectivity index (χ2n) is 5.26. The van der Waals surface area contributed by atoms with Gasteiger partial charge in [0, 0.05) is 26.1 Å². The third-order valence-electron chi connectivity index (χ3n) is 3.61. The van der Waals surface area contributed by atoms with Crippen LogP contribution in [0.4, 0.5) is 0 Å². The molecule has 0 aliphatic rings. The quantitative estimate of drug-likeness (QED) is 0.556. The van der Waals surface area contributed by atoms with Crippen molar-refractivity contribution in [1.29, 1.82) is 0 Å². The van der Waals surface area contributed by atoms with E-state index in [0.717, 1.165) is 24.2 Å². The molecule has 0 fully saturated rings. The van der Waals surface area contributed by atoms with Gasteiger partial charge in [-0.2, -0.15) is 0 Å². The van der Waals surface area contributed by atoms with Gasteiger partial charge < -0.3 is 14.6 Å². The van der Waals surface area contributed by atoms with E-state index in [1.165, 1.54) is 11.8 Å². The van der Waals surface area contributed by atoms with Gasteiger partial charge in [-0.1, -0.05) is 23.9 Å². The lowest BCUT2D eigenvalue weighted by Gasteiger charge is -2.18. The van der Waals surface area contributed by atoms with E-state index in [9.17, 15) is 9.59 Å². The van der Waals surface area contributed by atoms with Crippen molar-refractivity contribution in [3.05, 3.63) is 24.3 Å². The number of hydrogen-bond donors (Lipinski definition) is 1. The van der Waals surface area contributed by atoms with Gasteiger partial charge in [0.15, 0.2) is 5.58 Å². The summed E-state index contributed by atoms with van der Waals surface area (Å²) in [6.07, 6.45) is 1.11. The lowest BCUT2D eigenvalue weighted by Crippen LogP contribution is -2.32. The van der Waals surface area contributed by atoms with Crippen LogP contribution in [0, 0.1) is 0 Å². The molecule has 1 heterocycles.